The largest absolute Gasteiger partial charge is 0.367 e. The van der Waals surface area contributed by atoms with Gasteiger partial charge in [-0.15, -0.1) is 4.99 Å². The molecule has 32 heavy (non-hydrogen) atoms. The average Bonchev–Trinajstić information content (AvgIpc) is 2.76. The van der Waals surface area contributed by atoms with Crippen LogP contribution in [0.5, 0.6) is 0 Å². The Hall–Kier alpha value is -2.89. The lowest BCUT2D eigenvalue weighted by molar-refractivity contribution is -0.403. The number of hydrogen-bond acceptors (Lipinski definition) is 10. The summed E-state index contributed by atoms with van der Waals surface area (Å²) in [5, 5.41) is 40.0. The molecule has 0 aromatic heterocycles. The average molecular weight is 475 g/mol. The van der Waals surface area contributed by atoms with Gasteiger partial charge in [-0.05, 0) is 24.4 Å². The van der Waals surface area contributed by atoms with Crippen molar-refractivity contribution in [3.8, 4) is 5.81 Å². The highest BCUT2D eigenvalue weighted by atomic mass is 31.1. The summed E-state index contributed by atoms with van der Waals surface area (Å²) in [6.45, 7) is 0.457. The van der Waals surface area contributed by atoms with Gasteiger partial charge in [0.1, 0.15) is 14.0 Å². The molecule has 0 saturated carbocycles. The Morgan fingerprint density at radius 3 is 2.16 bits per heavy atom. The molecule has 15 heteroatoms. The second kappa shape index (κ2) is 16.8. The molecule has 14 nitrogen and oxygen atoms in total. The molecule has 0 heterocycles. The van der Waals surface area contributed by atoms with Gasteiger partial charge in [0.2, 0.25) is 11.8 Å². The predicted octanol–water partition coefficient (Wildman–Crippen LogP) is -3.20. The van der Waals surface area contributed by atoms with Crippen molar-refractivity contribution in [1.29, 1.82) is 5.26 Å². The van der Waals surface area contributed by atoms with Gasteiger partial charge >= 0.3 is 0 Å². The van der Waals surface area contributed by atoms with Crippen LogP contribution in [0.3, 0.4) is 0 Å². The maximum absolute atomic E-state index is 12.0. The van der Waals surface area contributed by atoms with Gasteiger partial charge in [-0.3, -0.25) is 14.4 Å². The summed E-state index contributed by atoms with van der Waals surface area (Å²) in [4.78, 5) is 46.7. The number of carbonyl (C=O) groups excluding carboxylic acids is 3. The first-order chi connectivity index (χ1) is 15.1. The first-order valence-corrected chi connectivity index (χ1v) is 10.8. The first kappa shape index (κ1) is 29.1. The Balaban J connectivity index is 0.00000172. The van der Waals surface area contributed by atoms with Crippen LogP contribution < -0.4 is 27.2 Å². The minimum Gasteiger partial charge on any atom is -0.367 e. The van der Waals surface area contributed by atoms with Crippen LogP contribution in [0.4, 0.5) is 5.69 Å². The van der Waals surface area contributed by atoms with Crippen molar-refractivity contribution < 1.29 is 45.5 Å². The molecule has 1 aromatic rings. The second-order valence-corrected chi connectivity index (χ2v) is 7.44. The molecule has 0 fully saturated rings. The predicted molar refractivity (Wildman–Crippen MR) is 112 cm³/mol. The number of benzene rings is 1. The van der Waals surface area contributed by atoms with Crippen LogP contribution in [0, 0.1) is 11.1 Å². The van der Waals surface area contributed by atoms with E-state index in [0.29, 0.717) is 12.1 Å². The summed E-state index contributed by atoms with van der Waals surface area (Å²) >= 11 is 0. The monoisotopic (exact) mass is 475 g/mol. The SMILES string of the molecule is CP(O)C#N.[NH3+]C(Cc1ccc(NOO)cc1)C(=O)NCC(=O)NCC(=O)NCC(O)O. The van der Waals surface area contributed by atoms with Gasteiger partial charge in [0.25, 0.3) is 5.91 Å². The maximum Gasteiger partial charge on any atom is 0.278 e. The van der Waals surface area contributed by atoms with E-state index in [4.69, 9.17) is 25.6 Å². The van der Waals surface area contributed by atoms with E-state index in [1.807, 2.05) is 0 Å². The summed E-state index contributed by atoms with van der Waals surface area (Å²) in [6.07, 6.45) is -1.34. The first-order valence-electron chi connectivity index (χ1n) is 9.07. The number of rotatable bonds is 11. The van der Waals surface area contributed by atoms with Crippen LogP contribution in [0.2, 0.25) is 0 Å². The van der Waals surface area contributed by atoms with Crippen LogP contribution in [-0.2, 0) is 25.8 Å². The molecule has 0 saturated heterocycles. The molecule has 1 rings (SSSR count). The lowest BCUT2D eigenvalue weighted by Crippen LogP contribution is -2.68. The number of quaternary nitrogens is 1. The van der Waals surface area contributed by atoms with Crippen molar-refractivity contribution in [2.45, 2.75) is 18.8 Å². The van der Waals surface area contributed by atoms with Crippen LogP contribution >= 0.6 is 8.15 Å². The van der Waals surface area contributed by atoms with E-state index in [1.54, 1.807) is 30.1 Å². The third kappa shape index (κ3) is 15.0. The molecular weight excluding hydrogens is 447 g/mol. The summed E-state index contributed by atoms with van der Waals surface area (Å²) in [7, 11) is -1.29. The molecular formula is C17H28N6O8P+. The minimum atomic E-state index is -1.67. The van der Waals surface area contributed by atoms with E-state index in [1.165, 1.54) is 6.66 Å². The van der Waals surface area contributed by atoms with Crippen LogP contribution in [0.15, 0.2) is 24.3 Å². The number of nitrogens with zero attached hydrogens (tertiary/aromatic N) is 1. The number of hydrogen-bond donors (Lipinski definition) is 9. The molecule has 0 spiro atoms. The van der Waals surface area contributed by atoms with Gasteiger partial charge in [0, 0.05) is 6.42 Å². The number of nitriles is 1. The van der Waals surface area contributed by atoms with Crippen molar-refractivity contribution in [2.24, 2.45) is 0 Å². The highest BCUT2D eigenvalue weighted by molar-refractivity contribution is 7.55. The Bertz CT molecular complexity index is 756. The van der Waals surface area contributed by atoms with E-state index < -0.39 is 38.2 Å². The zero-order valence-corrected chi connectivity index (χ0v) is 18.2. The lowest BCUT2D eigenvalue weighted by atomic mass is 10.1. The molecule has 178 valence electrons. The maximum atomic E-state index is 12.0. The number of carbonyl (C=O) groups is 3. The Labute approximate surface area is 185 Å². The number of nitrogens with one attached hydrogen (secondary N) is 4. The Morgan fingerprint density at radius 1 is 1.12 bits per heavy atom. The molecule has 0 bridgehead atoms. The third-order valence-corrected chi connectivity index (χ3v) is 3.76. The fourth-order valence-corrected chi connectivity index (χ4v) is 1.96. The molecule has 0 aliphatic heterocycles. The fraction of sp³-hybridized carbons (Fsp3) is 0.412. The highest BCUT2D eigenvalue weighted by Crippen LogP contribution is 2.18. The van der Waals surface area contributed by atoms with Gasteiger partial charge in [0.15, 0.2) is 12.3 Å². The van der Waals surface area contributed by atoms with Gasteiger partial charge in [-0.25, -0.2) is 10.7 Å². The number of aliphatic hydroxyl groups is 2. The summed E-state index contributed by atoms with van der Waals surface area (Å²) in [5.74, 6) is 0.0471. The minimum absolute atomic E-state index is 0.322. The molecule has 11 N–H and O–H groups in total. The summed E-state index contributed by atoms with van der Waals surface area (Å²) in [5.41, 5.74) is 7.34. The third-order valence-electron chi connectivity index (χ3n) is 3.47. The number of aliphatic hydroxyl groups excluding tert-OH is 1. The van der Waals surface area contributed by atoms with Gasteiger partial charge in [-0.2, -0.15) is 5.26 Å². The standard InChI is InChI=1S/C15H23N5O7.C2H4NOP/c16-11(5-9-1-3-10(4-2-9)20-27-26)15(25)19-7-13(22)17-6-12(21)18-8-14(23)24;1-5(4)2-3/h1-4,11,14,20,23-24,26H,5-8,16H2,(H,17,22)(H,18,21)(H,19,25);4H,1H3/p+1. The van der Waals surface area contributed by atoms with Crippen molar-refractivity contribution in [2.75, 3.05) is 31.8 Å². The summed E-state index contributed by atoms with van der Waals surface area (Å²) < 4.78 is 0. The molecule has 1 aromatic carbocycles. The zero-order chi connectivity index (χ0) is 24.5. The van der Waals surface area contributed by atoms with E-state index in [2.05, 4.69) is 32.2 Å². The Kier molecular flexibility index (Phi) is 15.2. The zero-order valence-electron chi connectivity index (χ0n) is 17.3. The number of anilines is 1. The molecule has 0 aliphatic carbocycles. The van der Waals surface area contributed by atoms with E-state index in [-0.39, 0.29) is 19.6 Å². The molecule has 0 aliphatic rings. The van der Waals surface area contributed by atoms with Crippen molar-refractivity contribution in [3.63, 3.8) is 0 Å². The van der Waals surface area contributed by atoms with Gasteiger partial charge in [-0.1, -0.05) is 12.1 Å². The van der Waals surface area contributed by atoms with E-state index in [0.717, 1.165) is 5.56 Å². The van der Waals surface area contributed by atoms with Crippen LogP contribution in [0.25, 0.3) is 0 Å². The molecule has 3 amide bonds. The van der Waals surface area contributed by atoms with Crippen LogP contribution in [0.1, 0.15) is 5.56 Å². The quantitative estimate of drug-likeness (QED) is 0.0672. The lowest BCUT2D eigenvalue weighted by Gasteiger charge is -2.11. The topological polar surface area (TPSA) is 241 Å². The van der Waals surface area contributed by atoms with Gasteiger partial charge in [0.05, 0.1) is 25.3 Å². The van der Waals surface area contributed by atoms with Gasteiger partial charge < -0.3 is 36.8 Å². The van der Waals surface area contributed by atoms with Crippen molar-refractivity contribution in [1.82, 2.24) is 16.0 Å². The van der Waals surface area contributed by atoms with Crippen molar-refractivity contribution in [3.05, 3.63) is 29.8 Å². The molecule has 2 unspecified atom stereocenters. The second-order valence-electron chi connectivity index (χ2n) is 6.19. The highest BCUT2D eigenvalue weighted by Gasteiger charge is 2.18. The fourth-order valence-electron chi connectivity index (χ4n) is 1.96. The van der Waals surface area contributed by atoms with Crippen molar-refractivity contribution >= 4 is 31.6 Å². The van der Waals surface area contributed by atoms with E-state index >= 15 is 0 Å². The smallest absolute Gasteiger partial charge is 0.278 e. The summed E-state index contributed by atoms with van der Waals surface area (Å²) in [6, 6.07) is 6.10. The molecule has 0 radical (unpaired) electrons. The normalized spacial score (nSPS) is 11.8. The molecule has 2 atom stereocenters. The Morgan fingerprint density at radius 2 is 1.66 bits per heavy atom. The number of amides is 3. The van der Waals surface area contributed by atoms with E-state index in [9.17, 15) is 14.4 Å². The van der Waals surface area contributed by atoms with Crippen LogP contribution in [-0.4, -0.2) is 76.7 Å².